The Morgan fingerprint density at radius 2 is 1.83 bits per heavy atom. The Kier molecular flexibility index (Phi) is 7.51. The number of aryl methyl sites for hydroxylation is 3. The molecule has 0 saturated carbocycles. The molecule has 0 aliphatic carbocycles. The van der Waals surface area contributed by atoms with Crippen LogP contribution in [0, 0.1) is 20.8 Å². The van der Waals surface area contributed by atoms with Crippen molar-refractivity contribution >= 4 is 28.8 Å². The van der Waals surface area contributed by atoms with Crippen molar-refractivity contribution in [2.45, 2.75) is 33.8 Å². The fraction of sp³-hybridized carbons (Fsp3) is 0.240. The summed E-state index contributed by atoms with van der Waals surface area (Å²) in [4.78, 5) is 25.2. The zero-order chi connectivity index (χ0) is 24.8. The number of benzene rings is 2. The van der Waals surface area contributed by atoms with Gasteiger partial charge in [-0.25, -0.2) is 0 Å². The summed E-state index contributed by atoms with van der Waals surface area (Å²) in [5.41, 5.74) is 3.88. The Morgan fingerprint density at radius 3 is 2.57 bits per heavy atom. The van der Waals surface area contributed by atoms with Crippen molar-refractivity contribution in [3.63, 3.8) is 0 Å². The molecule has 2 amide bonds. The van der Waals surface area contributed by atoms with E-state index in [9.17, 15) is 9.59 Å². The largest absolute Gasteiger partial charge is 0.486 e. The highest BCUT2D eigenvalue weighted by molar-refractivity contribution is 7.13. The van der Waals surface area contributed by atoms with Gasteiger partial charge in [0.1, 0.15) is 18.1 Å². The van der Waals surface area contributed by atoms with Crippen molar-refractivity contribution in [2.24, 2.45) is 0 Å². The molecule has 0 radical (unpaired) electrons. The number of nitrogens with zero attached hydrogens (tertiary/aromatic N) is 3. The molecule has 0 saturated heterocycles. The zero-order valence-electron chi connectivity index (χ0n) is 19.6. The molecule has 2 aromatic heterocycles. The summed E-state index contributed by atoms with van der Waals surface area (Å²) in [5.74, 6) is 0.834. The Balaban J connectivity index is 1.30. The van der Waals surface area contributed by atoms with Gasteiger partial charge in [-0.05, 0) is 57.5 Å². The number of nitrogens with one attached hydrogen (secondary N) is 2. The highest BCUT2D eigenvalue weighted by Gasteiger charge is 2.15. The van der Waals surface area contributed by atoms with Gasteiger partial charge < -0.3 is 19.9 Å². The van der Waals surface area contributed by atoms with Gasteiger partial charge in [0.15, 0.2) is 5.01 Å². The topological polar surface area (TPSA) is 119 Å². The molecule has 35 heavy (non-hydrogen) atoms. The molecule has 180 valence electrons. The van der Waals surface area contributed by atoms with Crippen LogP contribution in [0.25, 0.3) is 0 Å². The van der Waals surface area contributed by atoms with E-state index in [0.29, 0.717) is 29.2 Å². The average Bonchev–Trinajstić information content (AvgIpc) is 3.46. The normalized spacial score (nSPS) is 10.7. The summed E-state index contributed by atoms with van der Waals surface area (Å²) in [7, 11) is 0. The highest BCUT2D eigenvalue weighted by Crippen LogP contribution is 2.18. The maximum absolute atomic E-state index is 12.6. The van der Waals surface area contributed by atoms with E-state index in [0.717, 1.165) is 39.7 Å². The maximum atomic E-state index is 12.6. The lowest BCUT2D eigenvalue weighted by Crippen LogP contribution is -2.26. The number of hydrogen-bond acceptors (Lipinski definition) is 8. The van der Waals surface area contributed by atoms with E-state index >= 15 is 0 Å². The van der Waals surface area contributed by atoms with Gasteiger partial charge in [0, 0.05) is 23.4 Å². The molecular weight excluding hydrogens is 466 g/mol. The van der Waals surface area contributed by atoms with Crippen LogP contribution >= 0.6 is 11.3 Å². The van der Waals surface area contributed by atoms with Crippen LogP contribution in [0.2, 0.25) is 0 Å². The fourth-order valence-corrected chi connectivity index (χ4v) is 4.02. The molecule has 4 rings (SSSR count). The number of anilines is 1. The van der Waals surface area contributed by atoms with Crippen molar-refractivity contribution in [1.82, 2.24) is 20.7 Å². The third kappa shape index (κ3) is 6.30. The molecular formula is C25H25N5O4S. The third-order valence-corrected chi connectivity index (χ3v) is 6.16. The first-order valence-electron chi connectivity index (χ1n) is 11.0. The number of amides is 2. The molecule has 0 aliphatic heterocycles. The number of ether oxygens (including phenoxy) is 1. The van der Waals surface area contributed by atoms with E-state index in [2.05, 4.69) is 26.0 Å². The van der Waals surface area contributed by atoms with Crippen LogP contribution in [0.15, 0.2) is 53.1 Å². The van der Waals surface area contributed by atoms with Crippen LogP contribution in [0.5, 0.6) is 5.75 Å². The molecule has 2 N–H and O–H groups in total. The zero-order valence-corrected chi connectivity index (χ0v) is 20.4. The first-order chi connectivity index (χ1) is 16.9. The second-order valence-electron chi connectivity index (χ2n) is 7.95. The predicted octanol–water partition coefficient (Wildman–Crippen LogP) is 4.26. The van der Waals surface area contributed by atoms with Gasteiger partial charge in [0.05, 0.1) is 5.69 Å². The molecule has 0 bridgehead atoms. The molecule has 0 fully saturated rings. The second kappa shape index (κ2) is 10.9. The van der Waals surface area contributed by atoms with E-state index in [1.165, 1.54) is 0 Å². The molecule has 2 heterocycles. The molecule has 4 aromatic rings. The molecule has 10 heteroatoms. The molecule has 2 aromatic carbocycles. The lowest BCUT2D eigenvalue weighted by molar-refractivity contribution is 0.0952. The number of aromatic nitrogens is 3. The van der Waals surface area contributed by atoms with Gasteiger partial charge in [-0.3, -0.25) is 9.59 Å². The van der Waals surface area contributed by atoms with Gasteiger partial charge in [0.2, 0.25) is 5.01 Å². The summed E-state index contributed by atoms with van der Waals surface area (Å²) < 4.78 is 10.8. The SMILES string of the molecule is Cc1ccc(OCc2nnc(C(=O)Nc3cccc(C(=O)NCCc4c(C)noc4C)c3)s2)cc1. The lowest BCUT2D eigenvalue weighted by Gasteiger charge is -2.08. The Bertz CT molecular complexity index is 1310. The summed E-state index contributed by atoms with van der Waals surface area (Å²) >= 11 is 1.15. The quantitative estimate of drug-likeness (QED) is 0.359. The molecule has 0 spiro atoms. The van der Waals surface area contributed by atoms with Crippen molar-refractivity contribution in [2.75, 3.05) is 11.9 Å². The number of rotatable bonds is 9. The Hall–Kier alpha value is -4.05. The van der Waals surface area contributed by atoms with Crippen LogP contribution in [0.1, 0.15) is 47.7 Å². The van der Waals surface area contributed by atoms with Crippen molar-refractivity contribution in [3.05, 3.63) is 86.7 Å². The van der Waals surface area contributed by atoms with Crippen molar-refractivity contribution in [3.8, 4) is 5.75 Å². The standard InChI is InChI=1S/C25H25N5O4S/c1-15-7-9-20(10-8-15)33-14-22-28-29-25(35-22)24(32)27-19-6-4-5-18(13-19)23(31)26-12-11-21-16(2)30-34-17(21)3/h4-10,13H,11-12,14H2,1-3H3,(H,26,31)(H,27,32). The first kappa shape index (κ1) is 24.1. The number of carbonyl (C=O) groups excluding carboxylic acids is 2. The highest BCUT2D eigenvalue weighted by atomic mass is 32.1. The van der Waals surface area contributed by atoms with Crippen LogP contribution in [0.3, 0.4) is 0 Å². The summed E-state index contributed by atoms with van der Waals surface area (Å²) in [6.45, 7) is 6.39. The average molecular weight is 492 g/mol. The van der Waals surface area contributed by atoms with E-state index in [1.807, 2.05) is 45.0 Å². The van der Waals surface area contributed by atoms with Crippen molar-refractivity contribution < 1.29 is 18.8 Å². The lowest BCUT2D eigenvalue weighted by atomic mass is 10.1. The van der Waals surface area contributed by atoms with E-state index in [4.69, 9.17) is 9.26 Å². The monoisotopic (exact) mass is 491 g/mol. The molecule has 0 unspecified atom stereocenters. The third-order valence-electron chi connectivity index (χ3n) is 5.27. The van der Waals surface area contributed by atoms with E-state index in [-0.39, 0.29) is 17.5 Å². The Morgan fingerprint density at radius 1 is 1.03 bits per heavy atom. The molecule has 0 aliphatic rings. The van der Waals surface area contributed by atoms with Gasteiger partial charge in [-0.1, -0.05) is 40.3 Å². The fourth-order valence-electron chi connectivity index (χ4n) is 3.37. The number of hydrogen-bond donors (Lipinski definition) is 2. The van der Waals surface area contributed by atoms with E-state index in [1.54, 1.807) is 24.3 Å². The van der Waals surface area contributed by atoms with E-state index < -0.39 is 5.91 Å². The minimum Gasteiger partial charge on any atom is -0.486 e. The minimum atomic E-state index is -0.403. The molecule has 9 nitrogen and oxygen atoms in total. The minimum absolute atomic E-state index is 0.210. The second-order valence-corrected chi connectivity index (χ2v) is 9.01. The maximum Gasteiger partial charge on any atom is 0.286 e. The smallest absolute Gasteiger partial charge is 0.286 e. The summed E-state index contributed by atoms with van der Waals surface area (Å²) in [6, 6.07) is 14.4. The van der Waals surface area contributed by atoms with Gasteiger partial charge in [0.25, 0.3) is 11.8 Å². The summed E-state index contributed by atoms with van der Waals surface area (Å²) in [6.07, 6.45) is 0.621. The van der Waals surface area contributed by atoms with Crippen LogP contribution in [0.4, 0.5) is 5.69 Å². The van der Waals surface area contributed by atoms with Crippen LogP contribution in [-0.4, -0.2) is 33.7 Å². The van der Waals surface area contributed by atoms with Crippen LogP contribution in [-0.2, 0) is 13.0 Å². The van der Waals surface area contributed by atoms with Crippen molar-refractivity contribution in [1.29, 1.82) is 0 Å². The Labute approximate surface area is 206 Å². The molecule has 0 atom stereocenters. The van der Waals surface area contributed by atoms with Gasteiger partial charge in [-0.2, -0.15) is 0 Å². The van der Waals surface area contributed by atoms with Gasteiger partial charge >= 0.3 is 0 Å². The van der Waals surface area contributed by atoms with Gasteiger partial charge in [-0.15, -0.1) is 10.2 Å². The van der Waals surface area contributed by atoms with Crippen LogP contribution < -0.4 is 15.4 Å². The predicted molar refractivity (Wildman–Crippen MR) is 132 cm³/mol. The summed E-state index contributed by atoms with van der Waals surface area (Å²) in [5, 5.41) is 18.4. The first-order valence-corrected chi connectivity index (χ1v) is 11.8. The number of carbonyl (C=O) groups is 2.